The lowest BCUT2D eigenvalue weighted by molar-refractivity contribution is 0.525. The van der Waals surface area contributed by atoms with Crippen LogP contribution in [0.2, 0.25) is 0 Å². The lowest BCUT2D eigenvalue weighted by Crippen LogP contribution is -2.16. The molecule has 0 unspecified atom stereocenters. The summed E-state index contributed by atoms with van der Waals surface area (Å²) in [5, 5.41) is 3.60. The number of nitrogens with zero attached hydrogens (tertiary/aromatic N) is 1. The Morgan fingerprint density at radius 2 is 2.19 bits per heavy atom. The molecule has 0 bridgehead atoms. The van der Waals surface area contributed by atoms with E-state index >= 15 is 0 Å². The van der Waals surface area contributed by atoms with E-state index in [0.29, 0.717) is 0 Å². The summed E-state index contributed by atoms with van der Waals surface area (Å²) in [4.78, 5) is 2.32. The van der Waals surface area contributed by atoms with Gasteiger partial charge in [-0.1, -0.05) is 11.8 Å². The normalized spacial score (nSPS) is 23.9. The van der Waals surface area contributed by atoms with Crippen LogP contribution in [0, 0.1) is 5.92 Å². The molecule has 2 rings (SSSR count). The van der Waals surface area contributed by atoms with Crippen molar-refractivity contribution >= 4 is 23.7 Å². The lowest BCUT2D eigenvalue weighted by Gasteiger charge is -2.19. The molecule has 1 fully saturated rings. The first-order chi connectivity index (χ1) is 7.47. The van der Waals surface area contributed by atoms with Gasteiger partial charge in [0, 0.05) is 23.7 Å². The van der Waals surface area contributed by atoms with Gasteiger partial charge in [-0.3, -0.25) is 0 Å². The Kier molecular flexibility index (Phi) is 3.50. The molecule has 90 valence electrons. The van der Waals surface area contributed by atoms with E-state index in [0.717, 1.165) is 5.92 Å². The molecule has 0 aromatic carbocycles. The van der Waals surface area contributed by atoms with E-state index < -0.39 is 0 Å². The van der Waals surface area contributed by atoms with Gasteiger partial charge >= 0.3 is 0 Å². The molecule has 0 amide bonds. The number of thioether (sulfide) groups is 1. The Hall–Kier alpha value is -0.220. The van der Waals surface area contributed by atoms with E-state index in [1.165, 1.54) is 23.6 Å². The molecule has 4 heteroatoms. The van der Waals surface area contributed by atoms with Gasteiger partial charge in [0.15, 0.2) is 0 Å². The smallest absolute Gasteiger partial charge is 0.0959 e. The van der Waals surface area contributed by atoms with Crippen LogP contribution < -0.4 is 4.72 Å². The average molecular weight is 256 g/mol. The van der Waals surface area contributed by atoms with Crippen molar-refractivity contribution in [3.63, 3.8) is 0 Å². The van der Waals surface area contributed by atoms with Crippen LogP contribution in [0.5, 0.6) is 0 Å². The van der Waals surface area contributed by atoms with Gasteiger partial charge in [0.2, 0.25) is 0 Å². The van der Waals surface area contributed by atoms with E-state index in [9.17, 15) is 0 Å². The summed E-state index contributed by atoms with van der Waals surface area (Å²) in [5.41, 5.74) is 1.50. The van der Waals surface area contributed by atoms with Crippen molar-refractivity contribution < 1.29 is 0 Å². The first kappa shape index (κ1) is 12.2. The van der Waals surface area contributed by atoms with Crippen molar-refractivity contribution in [3.8, 4) is 0 Å². The monoisotopic (exact) mass is 256 g/mol. The number of rotatable bonds is 3. The van der Waals surface area contributed by atoms with Crippen molar-refractivity contribution in [1.29, 1.82) is 0 Å². The Balaban J connectivity index is 1.85. The van der Waals surface area contributed by atoms with Crippen molar-refractivity contribution in [2.45, 2.75) is 38.4 Å². The minimum absolute atomic E-state index is 0.256. The fourth-order valence-electron chi connectivity index (χ4n) is 1.54. The molecule has 1 aliphatic carbocycles. The molecule has 1 saturated carbocycles. The second kappa shape index (κ2) is 4.57. The fraction of sp³-hybridized carbons (Fsp3) is 0.667. The molecule has 0 saturated heterocycles. The molecular weight excluding hydrogens is 236 g/mol. The van der Waals surface area contributed by atoms with Crippen LogP contribution in [0.25, 0.3) is 0 Å². The highest BCUT2D eigenvalue weighted by atomic mass is 32.2. The zero-order valence-corrected chi connectivity index (χ0v) is 12.0. The van der Waals surface area contributed by atoms with Crippen LogP contribution in [0.1, 0.15) is 33.6 Å². The number of hydrogen-bond acceptors (Lipinski definition) is 4. The van der Waals surface area contributed by atoms with Gasteiger partial charge in [-0.15, -0.1) is 0 Å². The third kappa shape index (κ3) is 3.14. The van der Waals surface area contributed by atoms with Gasteiger partial charge in [-0.25, -0.2) is 0 Å². The second-order valence-electron chi connectivity index (χ2n) is 5.31. The third-order valence-corrected chi connectivity index (χ3v) is 4.40. The predicted molar refractivity (Wildman–Crippen MR) is 74.7 cm³/mol. The van der Waals surface area contributed by atoms with Crippen molar-refractivity contribution in [1.82, 2.24) is 9.62 Å². The standard InChI is InChI=1S/C12H20N2S2/c1-12(2,3)16-13-7-11-14(4)10(8-15-11)9-5-6-9/h7-9,13H,5-6H2,1-4H3/b11-7-. The summed E-state index contributed by atoms with van der Waals surface area (Å²) in [6.45, 7) is 6.63. The molecule has 1 heterocycles. The molecular formula is C12H20N2S2. The SMILES string of the molecule is CN1C(C2CC2)=CS/C1=C\NSC(C)(C)C. The fourth-order valence-corrected chi connectivity index (χ4v) is 3.12. The van der Waals surface area contributed by atoms with Gasteiger partial charge in [0.25, 0.3) is 0 Å². The maximum Gasteiger partial charge on any atom is 0.0959 e. The summed E-state index contributed by atoms with van der Waals surface area (Å²) in [6.07, 6.45) is 4.86. The topological polar surface area (TPSA) is 15.3 Å². The minimum atomic E-state index is 0.256. The first-order valence-corrected chi connectivity index (χ1v) is 7.41. The molecule has 2 aliphatic rings. The maximum absolute atomic E-state index is 3.34. The highest BCUT2D eigenvalue weighted by Gasteiger charge is 2.32. The van der Waals surface area contributed by atoms with Crippen molar-refractivity contribution in [2.75, 3.05) is 7.05 Å². The van der Waals surface area contributed by atoms with E-state index in [1.54, 1.807) is 11.9 Å². The van der Waals surface area contributed by atoms with Crippen LogP contribution in [0.4, 0.5) is 0 Å². The van der Waals surface area contributed by atoms with Crippen LogP contribution in [0.3, 0.4) is 0 Å². The van der Waals surface area contributed by atoms with E-state index in [-0.39, 0.29) is 4.75 Å². The van der Waals surface area contributed by atoms with Gasteiger partial charge in [0.05, 0.1) is 5.03 Å². The zero-order valence-electron chi connectivity index (χ0n) is 10.4. The highest BCUT2D eigenvalue weighted by molar-refractivity contribution is 8.06. The molecule has 1 N–H and O–H groups in total. The van der Waals surface area contributed by atoms with Crippen molar-refractivity contribution in [2.24, 2.45) is 5.92 Å². The van der Waals surface area contributed by atoms with Crippen LogP contribution >= 0.6 is 23.7 Å². The molecule has 1 aliphatic heterocycles. The predicted octanol–water partition coefficient (Wildman–Crippen LogP) is 3.75. The largest absolute Gasteiger partial charge is 0.341 e. The van der Waals surface area contributed by atoms with E-state index in [2.05, 4.69) is 49.0 Å². The second-order valence-corrected chi connectivity index (χ2v) is 7.86. The Morgan fingerprint density at radius 3 is 2.75 bits per heavy atom. The molecule has 0 aromatic rings. The Labute approximate surface area is 107 Å². The number of nitrogens with one attached hydrogen (secondary N) is 1. The molecule has 2 nitrogen and oxygen atoms in total. The summed E-state index contributed by atoms with van der Waals surface area (Å²) in [6, 6.07) is 0. The molecule has 0 atom stereocenters. The van der Waals surface area contributed by atoms with Crippen LogP contribution in [-0.2, 0) is 0 Å². The summed E-state index contributed by atoms with van der Waals surface area (Å²) < 4.78 is 3.59. The summed E-state index contributed by atoms with van der Waals surface area (Å²) in [7, 11) is 2.17. The molecule has 16 heavy (non-hydrogen) atoms. The van der Waals surface area contributed by atoms with Crippen LogP contribution in [0.15, 0.2) is 22.3 Å². The van der Waals surface area contributed by atoms with Gasteiger partial charge in [-0.05, 0) is 56.9 Å². The van der Waals surface area contributed by atoms with Crippen LogP contribution in [-0.4, -0.2) is 16.7 Å². The lowest BCUT2D eigenvalue weighted by atomic mass is 10.3. The van der Waals surface area contributed by atoms with Gasteiger partial charge in [0.1, 0.15) is 0 Å². The summed E-state index contributed by atoms with van der Waals surface area (Å²) >= 11 is 3.58. The summed E-state index contributed by atoms with van der Waals surface area (Å²) in [5.74, 6) is 0.832. The third-order valence-electron chi connectivity index (χ3n) is 2.56. The average Bonchev–Trinajstić information content (AvgIpc) is 2.93. The Morgan fingerprint density at radius 1 is 1.50 bits per heavy atom. The zero-order chi connectivity index (χ0) is 11.8. The molecule has 0 spiro atoms. The van der Waals surface area contributed by atoms with Gasteiger partial charge < -0.3 is 9.62 Å². The number of hydrogen-bond donors (Lipinski definition) is 1. The van der Waals surface area contributed by atoms with E-state index in [4.69, 9.17) is 0 Å². The molecule has 0 aromatic heterocycles. The first-order valence-electron chi connectivity index (χ1n) is 5.71. The van der Waals surface area contributed by atoms with Gasteiger partial charge in [-0.2, -0.15) is 0 Å². The minimum Gasteiger partial charge on any atom is -0.341 e. The number of allylic oxidation sites excluding steroid dienone is 1. The Bertz CT molecular complexity index is 324. The molecule has 0 radical (unpaired) electrons. The quantitative estimate of drug-likeness (QED) is 0.773. The van der Waals surface area contributed by atoms with Crippen molar-refractivity contribution in [3.05, 3.63) is 22.3 Å². The maximum atomic E-state index is 3.34. The highest BCUT2D eigenvalue weighted by Crippen LogP contribution is 2.45. The van der Waals surface area contributed by atoms with E-state index in [1.807, 2.05) is 11.8 Å².